The second kappa shape index (κ2) is 39.5. The summed E-state index contributed by atoms with van der Waals surface area (Å²) >= 11 is 0. The van der Waals surface area contributed by atoms with Crippen LogP contribution in [0.4, 0.5) is 0 Å². The van der Waals surface area contributed by atoms with E-state index in [-0.39, 0.29) is 19.4 Å². The van der Waals surface area contributed by atoms with Gasteiger partial charge in [0.25, 0.3) is 0 Å². The molecule has 9 heteroatoms. The lowest BCUT2D eigenvalue weighted by Crippen LogP contribution is -2.29. The fraction of sp³-hybridized carbons (Fsp3) is 0.907. The van der Waals surface area contributed by atoms with Gasteiger partial charge in [0.05, 0.1) is 6.61 Å². The number of esters is 2. The highest BCUT2D eigenvalue weighted by atomic mass is 31.2. The number of carbonyl (C=O) groups is 2. The van der Waals surface area contributed by atoms with Crippen molar-refractivity contribution in [1.82, 2.24) is 0 Å². The van der Waals surface area contributed by atoms with Crippen LogP contribution in [0.2, 0.25) is 0 Å². The van der Waals surface area contributed by atoms with Gasteiger partial charge in [0.2, 0.25) is 0 Å². The van der Waals surface area contributed by atoms with Crippen LogP contribution in [-0.4, -0.2) is 41.0 Å². The zero-order chi connectivity index (χ0) is 38.2. The summed E-state index contributed by atoms with van der Waals surface area (Å²) < 4.78 is 26.4. The quantitative estimate of drug-likeness (QED) is 0.0274. The molecule has 0 aromatic carbocycles. The van der Waals surface area contributed by atoms with E-state index in [1.165, 1.54) is 154 Å². The smallest absolute Gasteiger partial charge is 0.462 e. The molecule has 0 unspecified atom stereocenters. The van der Waals surface area contributed by atoms with Crippen LogP contribution >= 0.6 is 7.82 Å². The SMILES string of the molecule is CCCCCCCC/C=C/CCCCCCCCCC(=O)O[C@H](COC(=O)CCCCCCCCCCCCCCCCCCC)COP(=O)(O)O. The average molecular weight is 759 g/mol. The highest BCUT2D eigenvalue weighted by Gasteiger charge is 2.22. The van der Waals surface area contributed by atoms with E-state index in [1.807, 2.05) is 0 Å². The number of hydrogen-bond donors (Lipinski definition) is 2. The topological polar surface area (TPSA) is 119 Å². The molecule has 0 saturated carbocycles. The van der Waals surface area contributed by atoms with Crippen LogP contribution in [-0.2, 0) is 28.2 Å². The standard InChI is InChI=1S/C43H83O8P/c1-3-5-7-9-11-13-15-17-19-21-23-25-27-29-31-33-35-37-42(44)49-39-41(40-50-52(46,47)48)51-43(45)38-36-34-32-30-28-26-24-22-20-18-16-14-12-10-8-6-4-2/h18,20,41H,3-17,19,21-40H2,1-2H3,(H2,46,47,48)/b20-18+/t41-/m1/s1. The molecule has 0 amide bonds. The second-order valence-electron chi connectivity index (χ2n) is 15.0. The summed E-state index contributed by atoms with van der Waals surface area (Å²) in [5.74, 6) is -0.876. The third-order valence-electron chi connectivity index (χ3n) is 9.78. The molecule has 0 aromatic heterocycles. The monoisotopic (exact) mass is 759 g/mol. The van der Waals surface area contributed by atoms with Crippen molar-refractivity contribution in [3.05, 3.63) is 12.2 Å². The normalized spacial score (nSPS) is 12.5. The van der Waals surface area contributed by atoms with Crippen LogP contribution in [0.5, 0.6) is 0 Å². The van der Waals surface area contributed by atoms with E-state index in [4.69, 9.17) is 19.3 Å². The Kier molecular flexibility index (Phi) is 38.6. The first-order valence-electron chi connectivity index (χ1n) is 22.0. The first-order valence-corrected chi connectivity index (χ1v) is 23.5. The van der Waals surface area contributed by atoms with Crippen molar-refractivity contribution in [2.75, 3.05) is 13.2 Å². The maximum atomic E-state index is 12.4. The molecule has 0 bridgehead atoms. The summed E-state index contributed by atoms with van der Waals surface area (Å²) in [4.78, 5) is 42.9. The molecule has 0 aliphatic rings. The number of unbranched alkanes of at least 4 members (excludes halogenated alkanes) is 29. The lowest BCUT2D eigenvalue weighted by atomic mass is 10.0. The summed E-state index contributed by atoms with van der Waals surface area (Å²) in [6.45, 7) is 3.71. The first-order chi connectivity index (χ1) is 25.3. The molecule has 0 fully saturated rings. The lowest BCUT2D eigenvalue weighted by Gasteiger charge is -2.18. The Hall–Kier alpha value is -1.21. The van der Waals surface area contributed by atoms with Crippen LogP contribution in [0, 0.1) is 0 Å². The van der Waals surface area contributed by atoms with Crippen molar-refractivity contribution in [3.8, 4) is 0 Å². The van der Waals surface area contributed by atoms with Gasteiger partial charge >= 0.3 is 19.8 Å². The summed E-state index contributed by atoms with van der Waals surface area (Å²) in [6.07, 6.45) is 43.6. The van der Waals surface area contributed by atoms with Gasteiger partial charge in [-0.15, -0.1) is 0 Å². The van der Waals surface area contributed by atoms with Gasteiger partial charge < -0.3 is 19.3 Å². The fourth-order valence-electron chi connectivity index (χ4n) is 6.49. The number of phosphoric acid groups is 1. The van der Waals surface area contributed by atoms with Crippen molar-refractivity contribution in [2.24, 2.45) is 0 Å². The number of carbonyl (C=O) groups excluding carboxylic acids is 2. The van der Waals surface area contributed by atoms with Crippen LogP contribution in [0.3, 0.4) is 0 Å². The summed E-state index contributed by atoms with van der Waals surface area (Å²) in [6, 6.07) is 0. The van der Waals surface area contributed by atoms with E-state index >= 15 is 0 Å². The minimum atomic E-state index is -4.75. The van der Waals surface area contributed by atoms with Crippen LogP contribution in [0.1, 0.15) is 232 Å². The van der Waals surface area contributed by atoms with E-state index in [1.54, 1.807) is 0 Å². The van der Waals surface area contributed by atoms with E-state index in [0.717, 1.165) is 44.9 Å². The van der Waals surface area contributed by atoms with Crippen molar-refractivity contribution in [3.63, 3.8) is 0 Å². The molecule has 0 rings (SSSR count). The zero-order valence-electron chi connectivity index (χ0n) is 34.0. The maximum absolute atomic E-state index is 12.4. The summed E-state index contributed by atoms with van der Waals surface area (Å²) in [5, 5.41) is 0. The molecule has 0 heterocycles. The molecule has 52 heavy (non-hydrogen) atoms. The Morgan fingerprint density at radius 3 is 1.17 bits per heavy atom. The Balaban J connectivity index is 3.86. The third kappa shape index (κ3) is 41.5. The van der Waals surface area contributed by atoms with E-state index < -0.39 is 32.5 Å². The Morgan fingerprint density at radius 1 is 0.481 bits per heavy atom. The third-order valence-corrected chi connectivity index (χ3v) is 10.3. The highest BCUT2D eigenvalue weighted by molar-refractivity contribution is 7.46. The van der Waals surface area contributed by atoms with Crippen molar-refractivity contribution >= 4 is 19.8 Å². The molecule has 0 saturated heterocycles. The zero-order valence-corrected chi connectivity index (χ0v) is 34.9. The highest BCUT2D eigenvalue weighted by Crippen LogP contribution is 2.36. The molecule has 0 aliphatic heterocycles. The predicted molar refractivity (Wildman–Crippen MR) is 216 cm³/mol. The molecule has 2 N–H and O–H groups in total. The predicted octanol–water partition coefficient (Wildman–Crippen LogP) is 13.4. The van der Waals surface area contributed by atoms with Gasteiger partial charge in [0.1, 0.15) is 6.61 Å². The number of ether oxygens (including phenoxy) is 2. The van der Waals surface area contributed by atoms with Crippen LogP contribution in [0.15, 0.2) is 12.2 Å². The van der Waals surface area contributed by atoms with E-state index in [2.05, 4.69) is 30.5 Å². The molecule has 1 atom stereocenters. The maximum Gasteiger partial charge on any atom is 0.469 e. The van der Waals surface area contributed by atoms with Gasteiger partial charge in [-0.05, 0) is 38.5 Å². The van der Waals surface area contributed by atoms with Crippen molar-refractivity contribution in [1.29, 1.82) is 0 Å². The molecular weight excluding hydrogens is 675 g/mol. The van der Waals surface area contributed by atoms with Gasteiger partial charge in [0, 0.05) is 12.8 Å². The van der Waals surface area contributed by atoms with Crippen LogP contribution in [0.25, 0.3) is 0 Å². The average Bonchev–Trinajstić information content (AvgIpc) is 3.11. The van der Waals surface area contributed by atoms with E-state index in [9.17, 15) is 14.2 Å². The molecular formula is C43H83O8P. The Labute approximate surface area is 320 Å². The molecule has 8 nitrogen and oxygen atoms in total. The van der Waals surface area contributed by atoms with Crippen molar-refractivity contribution in [2.45, 2.75) is 238 Å². The number of phosphoric ester groups is 1. The van der Waals surface area contributed by atoms with Gasteiger partial charge in [-0.2, -0.15) is 0 Å². The van der Waals surface area contributed by atoms with Gasteiger partial charge in [0.15, 0.2) is 6.10 Å². The lowest BCUT2D eigenvalue weighted by molar-refractivity contribution is -0.161. The molecule has 308 valence electrons. The molecule has 0 radical (unpaired) electrons. The number of rotatable bonds is 41. The fourth-order valence-corrected chi connectivity index (χ4v) is 6.85. The van der Waals surface area contributed by atoms with Gasteiger partial charge in [-0.25, -0.2) is 4.57 Å². The van der Waals surface area contributed by atoms with Crippen molar-refractivity contribution < 1.29 is 37.9 Å². The molecule has 0 spiro atoms. The largest absolute Gasteiger partial charge is 0.469 e. The summed E-state index contributed by atoms with van der Waals surface area (Å²) in [7, 11) is -4.75. The minimum absolute atomic E-state index is 0.211. The summed E-state index contributed by atoms with van der Waals surface area (Å²) in [5.41, 5.74) is 0. The first kappa shape index (κ1) is 50.8. The number of hydrogen-bond acceptors (Lipinski definition) is 6. The second-order valence-corrected chi connectivity index (χ2v) is 16.3. The van der Waals surface area contributed by atoms with E-state index in [0.29, 0.717) is 6.42 Å². The van der Waals surface area contributed by atoms with Crippen LogP contribution < -0.4 is 0 Å². The Bertz CT molecular complexity index is 858. The van der Waals surface area contributed by atoms with Gasteiger partial charge in [-0.1, -0.05) is 193 Å². The minimum Gasteiger partial charge on any atom is -0.462 e. The number of allylic oxidation sites excluding steroid dienone is 2. The van der Waals surface area contributed by atoms with Gasteiger partial charge in [-0.3, -0.25) is 14.1 Å². The molecule has 0 aliphatic carbocycles. The Morgan fingerprint density at radius 2 is 0.808 bits per heavy atom. The molecule has 0 aromatic rings.